The summed E-state index contributed by atoms with van der Waals surface area (Å²) in [7, 11) is 0. The summed E-state index contributed by atoms with van der Waals surface area (Å²) in [5.74, 6) is 0.124. The molecule has 1 atom stereocenters. The molecule has 1 aromatic rings. The number of carbonyl (C=O) groups excluding carboxylic acids is 1. The van der Waals surface area contributed by atoms with Crippen molar-refractivity contribution in [3.05, 3.63) is 18.5 Å². The molecule has 0 aliphatic carbocycles. The fourth-order valence-electron chi connectivity index (χ4n) is 0.860. The Balaban J connectivity index is 2.58. The Morgan fingerprint density at radius 3 is 2.50 bits per heavy atom. The van der Waals surface area contributed by atoms with Crippen LogP contribution in [0, 0.1) is 5.92 Å². The first-order valence-corrected chi connectivity index (χ1v) is 4.44. The van der Waals surface area contributed by atoms with Crippen molar-refractivity contribution in [3.8, 4) is 0 Å². The quantitative estimate of drug-likeness (QED) is 0.729. The molecular weight excluding hydrogens is 180 g/mol. The minimum Gasteiger partial charge on any atom is -0.320 e. The van der Waals surface area contributed by atoms with Gasteiger partial charge in [-0.15, -0.1) is 0 Å². The van der Waals surface area contributed by atoms with E-state index < -0.39 is 6.04 Å². The summed E-state index contributed by atoms with van der Waals surface area (Å²) in [6, 6.07) is 1.15. The Morgan fingerprint density at radius 2 is 2.00 bits per heavy atom. The monoisotopic (exact) mass is 194 g/mol. The molecule has 14 heavy (non-hydrogen) atoms. The third-order valence-electron chi connectivity index (χ3n) is 1.82. The van der Waals surface area contributed by atoms with Crippen molar-refractivity contribution in [1.82, 2.24) is 9.97 Å². The van der Waals surface area contributed by atoms with Gasteiger partial charge in [0.25, 0.3) is 0 Å². The third kappa shape index (κ3) is 2.77. The van der Waals surface area contributed by atoms with Gasteiger partial charge in [0.15, 0.2) is 0 Å². The average molecular weight is 194 g/mol. The van der Waals surface area contributed by atoms with Gasteiger partial charge in [-0.1, -0.05) is 13.8 Å². The van der Waals surface area contributed by atoms with Crippen LogP contribution in [0.1, 0.15) is 13.8 Å². The van der Waals surface area contributed by atoms with E-state index in [1.807, 2.05) is 13.8 Å². The third-order valence-corrected chi connectivity index (χ3v) is 1.82. The highest BCUT2D eigenvalue weighted by atomic mass is 16.2. The van der Waals surface area contributed by atoms with Crippen LogP contribution in [0.4, 0.5) is 5.95 Å². The number of hydrogen-bond donors (Lipinski definition) is 2. The molecule has 0 saturated carbocycles. The van der Waals surface area contributed by atoms with Gasteiger partial charge in [0, 0.05) is 12.4 Å². The van der Waals surface area contributed by atoms with E-state index in [2.05, 4.69) is 15.3 Å². The molecule has 76 valence electrons. The molecule has 1 amide bonds. The van der Waals surface area contributed by atoms with E-state index in [0.29, 0.717) is 0 Å². The van der Waals surface area contributed by atoms with Crippen molar-refractivity contribution >= 4 is 11.9 Å². The van der Waals surface area contributed by atoms with Crippen molar-refractivity contribution in [2.45, 2.75) is 19.9 Å². The Morgan fingerprint density at radius 1 is 1.43 bits per heavy atom. The molecule has 0 aliphatic heterocycles. The zero-order valence-electron chi connectivity index (χ0n) is 8.27. The van der Waals surface area contributed by atoms with Gasteiger partial charge in [-0.05, 0) is 12.0 Å². The van der Waals surface area contributed by atoms with E-state index in [1.165, 1.54) is 0 Å². The molecule has 0 aliphatic rings. The fourth-order valence-corrected chi connectivity index (χ4v) is 0.860. The Bertz CT molecular complexity index is 299. The Hall–Kier alpha value is -1.49. The van der Waals surface area contributed by atoms with Gasteiger partial charge < -0.3 is 5.73 Å². The summed E-state index contributed by atoms with van der Waals surface area (Å²) >= 11 is 0. The molecular formula is C9H14N4O. The van der Waals surface area contributed by atoms with Gasteiger partial charge in [-0.25, -0.2) is 9.97 Å². The highest BCUT2D eigenvalue weighted by molar-refractivity contribution is 5.93. The average Bonchev–Trinajstić information content (AvgIpc) is 2.18. The topological polar surface area (TPSA) is 80.9 Å². The number of anilines is 1. The van der Waals surface area contributed by atoms with Gasteiger partial charge in [0.1, 0.15) is 0 Å². The first-order chi connectivity index (χ1) is 6.61. The van der Waals surface area contributed by atoms with Crippen molar-refractivity contribution in [2.24, 2.45) is 11.7 Å². The normalized spacial score (nSPS) is 12.6. The summed E-state index contributed by atoms with van der Waals surface area (Å²) in [4.78, 5) is 19.2. The lowest BCUT2D eigenvalue weighted by Crippen LogP contribution is -2.40. The van der Waals surface area contributed by atoms with Crippen LogP contribution >= 0.6 is 0 Å². The maximum absolute atomic E-state index is 11.4. The van der Waals surface area contributed by atoms with Crippen molar-refractivity contribution in [3.63, 3.8) is 0 Å². The summed E-state index contributed by atoms with van der Waals surface area (Å²) in [5.41, 5.74) is 5.64. The molecule has 5 heteroatoms. The Kier molecular flexibility index (Phi) is 3.53. The predicted octanol–water partition coefficient (Wildman–Crippen LogP) is 0.398. The lowest BCUT2D eigenvalue weighted by Gasteiger charge is -2.13. The Labute approximate surface area is 82.7 Å². The molecule has 3 N–H and O–H groups in total. The minimum atomic E-state index is -0.529. The number of amides is 1. The van der Waals surface area contributed by atoms with E-state index in [1.54, 1.807) is 18.5 Å². The SMILES string of the molecule is CC(C)[C@H](N)C(=O)Nc1ncccn1. The summed E-state index contributed by atoms with van der Waals surface area (Å²) in [6.45, 7) is 3.77. The van der Waals surface area contributed by atoms with Crippen molar-refractivity contribution in [1.29, 1.82) is 0 Å². The zero-order chi connectivity index (χ0) is 10.6. The van der Waals surface area contributed by atoms with Crippen LogP contribution in [0.3, 0.4) is 0 Å². The van der Waals surface area contributed by atoms with Crippen LogP contribution in [0.5, 0.6) is 0 Å². The van der Waals surface area contributed by atoms with Gasteiger partial charge in [0.05, 0.1) is 6.04 Å². The highest BCUT2D eigenvalue weighted by Gasteiger charge is 2.17. The molecule has 0 spiro atoms. The van der Waals surface area contributed by atoms with Gasteiger partial charge in [-0.3, -0.25) is 10.1 Å². The maximum Gasteiger partial charge on any atom is 0.243 e. The number of nitrogens with zero attached hydrogens (tertiary/aromatic N) is 2. The van der Waals surface area contributed by atoms with E-state index >= 15 is 0 Å². The molecule has 1 rings (SSSR count). The van der Waals surface area contributed by atoms with Crippen LogP contribution in [0.25, 0.3) is 0 Å². The first-order valence-electron chi connectivity index (χ1n) is 4.44. The van der Waals surface area contributed by atoms with Crippen LogP contribution < -0.4 is 11.1 Å². The molecule has 0 saturated heterocycles. The molecule has 0 aromatic carbocycles. The standard InChI is InChI=1S/C9H14N4O/c1-6(2)7(10)8(14)13-9-11-4-3-5-12-9/h3-7H,10H2,1-2H3,(H,11,12,13,14)/t7-/m0/s1. The second-order valence-corrected chi connectivity index (χ2v) is 3.33. The zero-order valence-corrected chi connectivity index (χ0v) is 8.27. The predicted molar refractivity (Wildman–Crippen MR) is 53.5 cm³/mol. The molecule has 1 heterocycles. The second kappa shape index (κ2) is 4.66. The van der Waals surface area contributed by atoms with Crippen molar-refractivity contribution in [2.75, 3.05) is 5.32 Å². The molecule has 0 unspecified atom stereocenters. The number of nitrogens with two attached hydrogens (primary N) is 1. The van der Waals surface area contributed by atoms with Crippen LogP contribution in [-0.4, -0.2) is 21.9 Å². The van der Waals surface area contributed by atoms with E-state index in [4.69, 9.17) is 5.73 Å². The van der Waals surface area contributed by atoms with Crippen molar-refractivity contribution < 1.29 is 4.79 Å². The molecule has 0 radical (unpaired) electrons. The van der Waals surface area contributed by atoms with Crippen LogP contribution in [0.15, 0.2) is 18.5 Å². The lowest BCUT2D eigenvalue weighted by molar-refractivity contribution is -0.118. The number of hydrogen-bond acceptors (Lipinski definition) is 4. The van der Waals surface area contributed by atoms with E-state index in [0.717, 1.165) is 0 Å². The van der Waals surface area contributed by atoms with Gasteiger partial charge >= 0.3 is 0 Å². The minimum absolute atomic E-state index is 0.0960. The first kappa shape index (κ1) is 10.6. The van der Waals surface area contributed by atoms with Gasteiger partial charge in [-0.2, -0.15) is 0 Å². The molecule has 1 aromatic heterocycles. The van der Waals surface area contributed by atoms with Crippen LogP contribution in [-0.2, 0) is 4.79 Å². The summed E-state index contributed by atoms with van der Waals surface area (Å²) in [5, 5.41) is 2.54. The van der Waals surface area contributed by atoms with E-state index in [9.17, 15) is 4.79 Å². The summed E-state index contributed by atoms with van der Waals surface area (Å²) in [6.07, 6.45) is 3.12. The second-order valence-electron chi connectivity index (χ2n) is 3.33. The fraction of sp³-hybridized carbons (Fsp3) is 0.444. The van der Waals surface area contributed by atoms with E-state index in [-0.39, 0.29) is 17.8 Å². The maximum atomic E-state index is 11.4. The molecule has 5 nitrogen and oxygen atoms in total. The highest BCUT2D eigenvalue weighted by Crippen LogP contribution is 2.01. The van der Waals surface area contributed by atoms with Gasteiger partial charge in [0.2, 0.25) is 11.9 Å². The van der Waals surface area contributed by atoms with Crippen LogP contribution in [0.2, 0.25) is 0 Å². The molecule has 0 fully saturated rings. The smallest absolute Gasteiger partial charge is 0.243 e. The molecule has 0 bridgehead atoms. The number of nitrogens with one attached hydrogen (secondary N) is 1. The lowest BCUT2D eigenvalue weighted by atomic mass is 10.1. The largest absolute Gasteiger partial charge is 0.320 e. The number of aromatic nitrogens is 2. The number of rotatable bonds is 3. The number of carbonyl (C=O) groups is 1. The summed E-state index contributed by atoms with van der Waals surface area (Å²) < 4.78 is 0.